The molecule has 1 saturated heterocycles. The zero-order valence-corrected chi connectivity index (χ0v) is 23.0. The first kappa shape index (κ1) is 28.5. The van der Waals surface area contributed by atoms with Gasteiger partial charge < -0.3 is 10.2 Å². The highest BCUT2D eigenvalue weighted by molar-refractivity contribution is 5.96. The Kier molecular flexibility index (Phi) is 10.4. The number of aromatic nitrogens is 1. The zero-order valence-electron chi connectivity index (χ0n) is 23.0. The van der Waals surface area contributed by atoms with Gasteiger partial charge in [0.15, 0.2) is 5.82 Å². The number of aliphatic imine (C=N–C) groups is 1. The predicted molar refractivity (Wildman–Crippen MR) is 159 cm³/mol. The van der Waals surface area contributed by atoms with Crippen LogP contribution >= 0.6 is 0 Å². The maximum absolute atomic E-state index is 13.4. The lowest BCUT2D eigenvalue weighted by Gasteiger charge is -2.25. The highest BCUT2D eigenvalue weighted by Crippen LogP contribution is 2.25. The summed E-state index contributed by atoms with van der Waals surface area (Å²) in [6.45, 7) is 3.87. The van der Waals surface area contributed by atoms with Crippen molar-refractivity contribution in [3.8, 4) is 6.07 Å². The van der Waals surface area contributed by atoms with E-state index in [9.17, 15) is 9.59 Å². The molecule has 1 aliphatic heterocycles. The second-order valence-electron chi connectivity index (χ2n) is 9.95. The van der Waals surface area contributed by atoms with Crippen LogP contribution in [0.4, 0.5) is 22.0 Å². The minimum Gasteiger partial charge on any atom is -0.334 e. The molecule has 3 amide bonds. The third-order valence-electron chi connectivity index (χ3n) is 6.99. The lowest BCUT2D eigenvalue weighted by atomic mass is 9.99. The maximum atomic E-state index is 13.4. The smallest absolute Gasteiger partial charge is 0.322 e. The number of benzene rings is 2. The van der Waals surface area contributed by atoms with Gasteiger partial charge in [0, 0.05) is 49.8 Å². The third-order valence-corrected chi connectivity index (χ3v) is 6.99. The Morgan fingerprint density at radius 1 is 1.15 bits per heavy atom. The molecule has 8 heteroatoms. The lowest BCUT2D eigenvalue weighted by Crippen LogP contribution is -2.40. The van der Waals surface area contributed by atoms with Crippen LogP contribution in [-0.2, 0) is 11.3 Å². The quantitative estimate of drug-likeness (QED) is 0.271. The number of rotatable bonds is 12. The van der Waals surface area contributed by atoms with Crippen LogP contribution in [0, 0.1) is 17.2 Å². The fourth-order valence-corrected chi connectivity index (χ4v) is 4.84. The van der Waals surface area contributed by atoms with Crippen LogP contribution in [0.25, 0.3) is 0 Å². The van der Waals surface area contributed by atoms with E-state index in [0.717, 1.165) is 55.6 Å². The Morgan fingerprint density at radius 2 is 1.95 bits per heavy atom. The lowest BCUT2D eigenvalue weighted by molar-refractivity contribution is -0.117. The standard InChI is InChI=1S/C32H36N6O2/c1-2-8-25(22-34-30-18-13-27(21-33)24-35-30)11-6-20-38(32(40)36-23-26-9-4-3-5-10-26)29-16-14-28(15-17-29)37-19-7-12-31(37)39/h3-5,9-10,13-18,22,24-25H,2,6-8,11-12,19-20,23H2,1H3,(H,36,40). The average molecular weight is 537 g/mol. The molecule has 0 saturated carbocycles. The van der Waals surface area contributed by atoms with Gasteiger partial charge in [-0.3, -0.25) is 9.69 Å². The fourth-order valence-electron chi connectivity index (χ4n) is 4.84. The molecule has 4 rings (SSSR count). The van der Waals surface area contributed by atoms with E-state index in [-0.39, 0.29) is 17.9 Å². The van der Waals surface area contributed by atoms with E-state index in [1.54, 1.807) is 21.9 Å². The first-order chi connectivity index (χ1) is 19.6. The van der Waals surface area contributed by atoms with Gasteiger partial charge in [-0.1, -0.05) is 43.7 Å². The predicted octanol–water partition coefficient (Wildman–Crippen LogP) is 6.40. The number of nitriles is 1. The van der Waals surface area contributed by atoms with Gasteiger partial charge in [0.05, 0.1) is 5.56 Å². The van der Waals surface area contributed by atoms with Crippen molar-refractivity contribution in [1.29, 1.82) is 5.26 Å². The van der Waals surface area contributed by atoms with E-state index in [2.05, 4.69) is 28.3 Å². The molecule has 1 unspecified atom stereocenters. The van der Waals surface area contributed by atoms with E-state index in [1.165, 1.54) is 6.20 Å². The molecule has 1 fully saturated rings. The summed E-state index contributed by atoms with van der Waals surface area (Å²) in [7, 11) is 0. The van der Waals surface area contributed by atoms with Crippen molar-refractivity contribution >= 4 is 35.3 Å². The van der Waals surface area contributed by atoms with Crippen LogP contribution in [0.15, 0.2) is 77.9 Å². The maximum Gasteiger partial charge on any atom is 0.322 e. The molecule has 1 aromatic heterocycles. The van der Waals surface area contributed by atoms with Crippen molar-refractivity contribution in [3.05, 3.63) is 84.1 Å². The van der Waals surface area contributed by atoms with Crippen LogP contribution in [0.5, 0.6) is 0 Å². The summed E-state index contributed by atoms with van der Waals surface area (Å²) in [6, 6.07) is 22.9. The molecule has 206 valence electrons. The van der Waals surface area contributed by atoms with E-state index in [0.29, 0.717) is 30.9 Å². The Bertz CT molecular complexity index is 1320. The zero-order chi connectivity index (χ0) is 28.2. The monoisotopic (exact) mass is 536 g/mol. The topological polar surface area (TPSA) is 102 Å². The number of carbonyl (C=O) groups excluding carboxylic acids is 2. The van der Waals surface area contributed by atoms with E-state index < -0.39 is 0 Å². The summed E-state index contributed by atoms with van der Waals surface area (Å²) >= 11 is 0. The normalized spacial score (nSPS) is 13.8. The highest BCUT2D eigenvalue weighted by atomic mass is 16.2. The average Bonchev–Trinajstić information content (AvgIpc) is 3.43. The highest BCUT2D eigenvalue weighted by Gasteiger charge is 2.22. The Labute approximate surface area is 236 Å². The Morgan fingerprint density at radius 3 is 2.60 bits per heavy atom. The van der Waals surface area contributed by atoms with Crippen molar-refractivity contribution in [2.75, 3.05) is 22.9 Å². The molecule has 40 heavy (non-hydrogen) atoms. The van der Waals surface area contributed by atoms with E-state index >= 15 is 0 Å². The summed E-state index contributed by atoms with van der Waals surface area (Å²) in [6.07, 6.45) is 8.60. The molecule has 8 nitrogen and oxygen atoms in total. The van der Waals surface area contributed by atoms with Crippen molar-refractivity contribution in [1.82, 2.24) is 10.3 Å². The van der Waals surface area contributed by atoms with Gasteiger partial charge in [0.1, 0.15) is 6.07 Å². The number of hydrogen-bond donors (Lipinski definition) is 1. The number of carbonyl (C=O) groups is 2. The van der Waals surface area contributed by atoms with Gasteiger partial charge in [0.2, 0.25) is 5.91 Å². The summed E-state index contributed by atoms with van der Waals surface area (Å²) in [5.74, 6) is 0.976. The van der Waals surface area contributed by atoms with Crippen LogP contribution in [-0.4, -0.2) is 36.2 Å². The Hall–Kier alpha value is -4.51. The van der Waals surface area contributed by atoms with Crippen molar-refractivity contribution in [2.45, 2.75) is 52.0 Å². The molecular formula is C32H36N6O2. The minimum atomic E-state index is -0.156. The number of urea groups is 1. The van der Waals surface area contributed by atoms with Gasteiger partial charge in [-0.05, 0) is 73.6 Å². The first-order valence-corrected chi connectivity index (χ1v) is 14.0. The number of anilines is 2. The SMILES string of the molecule is CCCC(C=Nc1ccc(C#N)cn1)CCCN(C(=O)NCc1ccccc1)c1ccc(N2CCCC2=O)cc1. The van der Waals surface area contributed by atoms with Crippen molar-refractivity contribution in [3.63, 3.8) is 0 Å². The second-order valence-corrected chi connectivity index (χ2v) is 9.95. The molecular weight excluding hydrogens is 500 g/mol. The number of nitrogens with one attached hydrogen (secondary N) is 1. The van der Waals surface area contributed by atoms with Gasteiger partial charge in [0.25, 0.3) is 0 Å². The molecule has 0 radical (unpaired) electrons. The van der Waals surface area contributed by atoms with E-state index in [1.807, 2.05) is 60.8 Å². The molecule has 3 aromatic rings. The number of pyridine rings is 1. The fraction of sp³-hybridized carbons (Fsp3) is 0.344. The van der Waals surface area contributed by atoms with Crippen LogP contribution in [0.2, 0.25) is 0 Å². The minimum absolute atomic E-state index is 0.144. The second kappa shape index (κ2) is 14.6. The van der Waals surface area contributed by atoms with Gasteiger partial charge in [-0.2, -0.15) is 5.26 Å². The molecule has 2 aromatic carbocycles. The summed E-state index contributed by atoms with van der Waals surface area (Å²) in [4.78, 5) is 37.9. The van der Waals surface area contributed by atoms with Gasteiger partial charge >= 0.3 is 6.03 Å². The van der Waals surface area contributed by atoms with Crippen LogP contribution in [0.1, 0.15) is 56.6 Å². The molecule has 1 N–H and O–H groups in total. The van der Waals surface area contributed by atoms with E-state index in [4.69, 9.17) is 5.26 Å². The third kappa shape index (κ3) is 8.00. The molecule has 1 atom stereocenters. The summed E-state index contributed by atoms with van der Waals surface area (Å²) < 4.78 is 0. The van der Waals surface area contributed by atoms with Crippen molar-refractivity contribution in [2.24, 2.45) is 10.9 Å². The van der Waals surface area contributed by atoms with Crippen LogP contribution < -0.4 is 15.1 Å². The molecule has 1 aliphatic rings. The Balaban J connectivity index is 1.43. The molecule has 0 spiro atoms. The first-order valence-electron chi connectivity index (χ1n) is 14.0. The molecule has 0 bridgehead atoms. The van der Waals surface area contributed by atoms with Crippen molar-refractivity contribution < 1.29 is 9.59 Å². The number of hydrogen-bond acceptors (Lipinski definition) is 5. The molecule has 0 aliphatic carbocycles. The molecule has 2 heterocycles. The van der Waals surface area contributed by atoms with Crippen LogP contribution in [0.3, 0.4) is 0 Å². The summed E-state index contributed by atoms with van der Waals surface area (Å²) in [5, 5.41) is 12.0. The summed E-state index contributed by atoms with van der Waals surface area (Å²) in [5.41, 5.74) is 3.21. The van der Waals surface area contributed by atoms with Gasteiger partial charge in [-0.25, -0.2) is 14.8 Å². The van der Waals surface area contributed by atoms with Gasteiger partial charge in [-0.15, -0.1) is 0 Å². The number of nitrogens with zero attached hydrogens (tertiary/aromatic N) is 5. The largest absolute Gasteiger partial charge is 0.334 e. The number of amides is 3.